The summed E-state index contributed by atoms with van der Waals surface area (Å²) in [7, 11) is 1.55. The molecule has 1 aliphatic rings. The molecule has 0 saturated carbocycles. The first-order valence-electron chi connectivity index (χ1n) is 7.78. The Kier molecular flexibility index (Phi) is 7.82. The quantitative estimate of drug-likeness (QED) is 0.889. The van der Waals surface area contributed by atoms with E-state index >= 15 is 0 Å². The van der Waals surface area contributed by atoms with Crippen molar-refractivity contribution in [1.29, 1.82) is 0 Å². The summed E-state index contributed by atoms with van der Waals surface area (Å²) in [5.74, 6) is 0.871. The van der Waals surface area contributed by atoms with Gasteiger partial charge in [-0.2, -0.15) is 0 Å². The van der Waals surface area contributed by atoms with Crippen molar-refractivity contribution in [3.8, 4) is 5.75 Å². The van der Waals surface area contributed by atoms with Crippen LogP contribution in [0.1, 0.15) is 24.0 Å². The number of hydrogen-bond acceptors (Lipinski definition) is 4. The first-order valence-corrected chi connectivity index (χ1v) is 7.78. The molecule has 2 N–H and O–H groups in total. The fourth-order valence-electron chi connectivity index (χ4n) is 2.66. The number of carbonyl (C=O) groups is 1. The highest BCUT2D eigenvalue weighted by molar-refractivity contribution is 5.85. The van der Waals surface area contributed by atoms with Crippen molar-refractivity contribution < 1.29 is 14.3 Å². The van der Waals surface area contributed by atoms with Crippen molar-refractivity contribution in [1.82, 2.24) is 4.90 Å². The minimum Gasteiger partial charge on any atom is -0.490 e. The van der Waals surface area contributed by atoms with E-state index in [1.165, 1.54) is 11.1 Å². The lowest BCUT2D eigenvalue weighted by atomic mass is 10.1. The molecule has 2 rings (SSSR count). The molecular weight excluding hydrogens is 316 g/mol. The number of nitrogens with two attached hydrogens (primary N) is 1. The van der Waals surface area contributed by atoms with Gasteiger partial charge in [-0.05, 0) is 37.1 Å². The molecule has 0 aliphatic carbocycles. The van der Waals surface area contributed by atoms with Crippen LogP contribution in [0.5, 0.6) is 5.75 Å². The molecule has 130 valence electrons. The number of halogens is 1. The maximum Gasteiger partial charge on any atom is 0.241 e. The molecule has 1 atom stereocenters. The molecule has 1 amide bonds. The number of carbonyl (C=O) groups excluding carboxylic acids is 1. The largest absolute Gasteiger partial charge is 0.490 e. The zero-order chi connectivity index (χ0) is 16.1. The number of likely N-dealkylation sites (tertiary alicyclic amines) is 1. The molecule has 1 heterocycles. The normalized spacial score (nSPS) is 16.6. The molecule has 5 nitrogen and oxygen atoms in total. The van der Waals surface area contributed by atoms with E-state index in [1.807, 2.05) is 11.0 Å². The number of amides is 1. The van der Waals surface area contributed by atoms with Crippen LogP contribution in [0.2, 0.25) is 0 Å². The van der Waals surface area contributed by atoms with Gasteiger partial charge in [0.2, 0.25) is 5.91 Å². The highest BCUT2D eigenvalue weighted by Crippen LogP contribution is 2.22. The zero-order valence-corrected chi connectivity index (χ0v) is 14.9. The van der Waals surface area contributed by atoms with E-state index < -0.39 is 6.04 Å². The standard InChI is InChI=1S/C17H26N2O3.ClH/c1-12-4-5-15(10-13(12)2)22-14-6-8-19(9-7-14)17(20)16(18)11-21-3;/h4-5,10,14,16H,6-9,11,18H2,1-3H3;1H. The monoisotopic (exact) mass is 342 g/mol. The Balaban J connectivity index is 0.00000264. The maximum atomic E-state index is 12.1. The molecule has 0 radical (unpaired) electrons. The van der Waals surface area contributed by atoms with Gasteiger partial charge >= 0.3 is 0 Å². The Hall–Kier alpha value is -1.30. The first kappa shape index (κ1) is 19.7. The highest BCUT2D eigenvalue weighted by Gasteiger charge is 2.27. The van der Waals surface area contributed by atoms with Gasteiger partial charge in [0.1, 0.15) is 17.9 Å². The molecule has 1 aromatic rings. The van der Waals surface area contributed by atoms with E-state index in [1.54, 1.807) is 7.11 Å². The third-order valence-corrected chi connectivity index (χ3v) is 4.20. The number of rotatable bonds is 5. The molecule has 1 aromatic carbocycles. The third kappa shape index (κ3) is 5.37. The fraction of sp³-hybridized carbons (Fsp3) is 0.588. The minimum atomic E-state index is -0.567. The van der Waals surface area contributed by atoms with Crippen molar-refractivity contribution in [3.63, 3.8) is 0 Å². The number of nitrogens with zero attached hydrogens (tertiary/aromatic N) is 1. The van der Waals surface area contributed by atoms with Crippen LogP contribution in [-0.2, 0) is 9.53 Å². The van der Waals surface area contributed by atoms with Gasteiger partial charge in [-0.3, -0.25) is 4.79 Å². The van der Waals surface area contributed by atoms with E-state index in [9.17, 15) is 4.79 Å². The molecule has 1 saturated heterocycles. The molecule has 1 aliphatic heterocycles. The summed E-state index contributed by atoms with van der Waals surface area (Å²) in [6.45, 7) is 5.81. The summed E-state index contributed by atoms with van der Waals surface area (Å²) in [5.41, 5.74) is 8.30. The molecule has 6 heteroatoms. The number of hydrogen-bond donors (Lipinski definition) is 1. The molecule has 0 bridgehead atoms. The van der Waals surface area contributed by atoms with E-state index in [0.717, 1.165) is 18.6 Å². The average molecular weight is 343 g/mol. The number of methoxy groups -OCH3 is 1. The van der Waals surface area contributed by atoms with Gasteiger partial charge in [-0.1, -0.05) is 6.07 Å². The lowest BCUT2D eigenvalue weighted by Crippen LogP contribution is -2.50. The molecule has 0 spiro atoms. The van der Waals surface area contributed by atoms with Crippen LogP contribution in [0, 0.1) is 13.8 Å². The molecule has 0 aromatic heterocycles. The van der Waals surface area contributed by atoms with E-state index in [-0.39, 0.29) is 31.0 Å². The van der Waals surface area contributed by atoms with Crippen LogP contribution in [-0.4, -0.2) is 49.8 Å². The van der Waals surface area contributed by atoms with Crippen LogP contribution in [0.4, 0.5) is 0 Å². The number of ether oxygens (including phenoxy) is 2. The van der Waals surface area contributed by atoms with Crippen molar-refractivity contribution in [2.45, 2.75) is 38.8 Å². The van der Waals surface area contributed by atoms with Crippen LogP contribution < -0.4 is 10.5 Å². The predicted molar refractivity (Wildman–Crippen MR) is 93.2 cm³/mol. The smallest absolute Gasteiger partial charge is 0.241 e. The summed E-state index contributed by atoms with van der Waals surface area (Å²) in [6.07, 6.45) is 1.82. The lowest BCUT2D eigenvalue weighted by molar-refractivity contribution is -0.135. The van der Waals surface area contributed by atoms with Gasteiger partial charge in [-0.25, -0.2) is 0 Å². The van der Waals surface area contributed by atoms with Gasteiger partial charge in [0.15, 0.2) is 0 Å². The van der Waals surface area contributed by atoms with Gasteiger partial charge < -0.3 is 20.1 Å². The van der Waals surface area contributed by atoms with E-state index in [4.69, 9.17) is 15.2 Å². The summed E-state index contributed by atoms with van der Waals surface area (Å²) < 4.78 is 11.0. The summed E-state index contributed by atoms with van der Waals surface area (Å²) in [6, 6.07) is 5.59. The Morgan fingerprint density at radius 3 is 2.52 bits per heavy atom. The van der Waals surface area contributed by atoms with Crippen molar-refractivity contribution in [2.75, 3.05) is 26.8 Å². The molecule has 1 unspecified atom stereocenters. The maximum absolute atomic E-state index is 12.1. The number of benzene rings is 1. The molecule has 23 heavy (non-hydrogen) atoms. The molecular formula is C17H27ClN2O3. The Morgan fingerprint density at radius 2 is 1.96 bits per heavy atom. The average Bonchev–Trinajstić information content (AvgIpc) is 2.51. The minimum absolute atomic E-state index is 0. The van der Waals surface area contributed by atoms with Crippen LogP contribution in [0.25, 0.3) is 0 Å². The highest BCUT2D eigenvalue weighted by atomic mass is 35.5. The lowest BCUT2D eigenvalue weighted by Gasteiger charge is -2.33. The second-order valence-corrected chi connectivity index (χ2v) is 5.95. The van der Waals surface area contributed by atoms with E-state index in [2.05, 4.69) is 26.0 Å². The summed E-state index contributed by atoms with van der Waals surface area (Å²) >= 11 is 0. The second kappa shape index (κ2) is 9.11. The van der Waals surface area contributed by atoms with Crippen molar-refractivity contribution >= 4 is 18.3 Å². The van der Waals surface area contributed by atoms with Crippen LogP contribution >= 0.6 is 12.4 Å². The topological polar surface area (TPSA) is 64.8 Å². The fourth-order valence-corrected chi connectivity index (χ4v) is 2.66. The Bertz CT molecular complexity index is 517. The predicted octanol–water partition coefficient (Wildman–Crippen LogP) is 2.07. The molecule has 1 fully saturated rings. The van der Waals surface area contributed by atoms with Gasteiger partial charge in [-0.15, -0.1) is 12.4 Å². The van der Waals surface area contributed by atoms with Gasteiger partial charge in [0, 0.05) is 33.0 Å². The summed E-state index contributed by atoms with van der Waals surface area (Å²) in [5, 5.41) is 0. The SMILES string of the molecule is COCC(N)C(=O)N1CCC(Oc2ccc(C)c(C)c2)CC1.Cl. The zero-order valence-electron chi connectivity index (χ0n) is 14.1. The first-order chi connectivity index (χ1) is 10.5. The van der Waals surface area contributed by atoms with Crippen LogP contribution in [0.15, 0.2) is 18.2 Å². The Labute approximate surface area is 144 Å². The van der Waals surface area contributed by atoms with Gasteiger partial charge in [0.05, 0.1) is 6.61 Å². The third-order valence-electron chi connectivity index (χ3n) is 4.20. The summed E-state index contributed by atoms with van der Waals surface area (Å²) in [4.78, 5) is 13.9. The van der Waals surface area contributed by atoms with Crippen molar-refractivity contribution in [2.24, 2.45) is 5.73 Å². The van der Waals surface area contributed by atoms with Crippen LogP contribution in [0.3, 0.4) is 0 Å². The second-order valence-electron chi connectivity index (χ2n) is 5.95. The van der Waals surface area contributed by atoms with Gasteiger partial charge in [0.25, 0.3) is 0 Å². The number of piperidine rings is 1. The number of aryl methyl sites for hydroxylation is 2. The van der Waals surface area contributed by atoms with E-state index in [0.29, 0.717) is 13.1 Å². The van der Waals surface area contributed by atoms with Crippen molar-refractivity contribution in [3.05, 3.63) is 29.3 Å². The Morgan fingerprint density at radius 1 is 1.30 bits per heavy atom.